The zero-order valence-corrected chi connectivity index (χ0v) is 5.49. The maximum Gasteiger partial charge on any atom is 0.0957 e. The summed E-state index contributed by atoms with van der Waals surface area (Å²) in [6, 6.07) is 0. The third kappa shape index (κ3) is 1.17. The summed E-state index contributed by atoms with van der Waals surface area (Å²) in [6.07, 6.45) is 8.26. The summed E-state index contributed by atoms with van der Waals surface area (Å²) in [5.74, 6) is 2.46. The van der Waals surface area contributed by atoms with Crippen molar-refractivity contribution in [3.63, 3.8) is 0 Å². The molecule has 0 saturated heterocycles. The Balaban J connectivity index is 2.82. The van der Waals surface area contributed by atoms with Crippen LogP contribution in [0.1, 0.15) is 5.69 Å². The van der Waals surface area contributed by atoms with Crippen LogP contribution in [0.4, 0.5) is 0 Å². The number of terminal acetylenes is 1. The fourth-order valence-electron chi connectivity index (χ4n) is 0.721. The summed E-state index contributed by atoms with van der Waals surface area (Å²) in [7, 11) is 0. The van der Waals surface area contributed by atoms with Gasteiger partial charge in [-0.3, -0.25) is 0 Å². The molecule has 0 fully saturated rings. The van der Waals surface area contributed by atoms with Crippen molar-refractivity contribution in [2.75, 3.05) is 0 Å². The van der Waals surface area contributed by atoms with Crippen molar-refractivity contribution in [3.8, 4) is 12.3 Å². The quantitative estimate of drug-likeness (QED) is 0.581. The molecule has 0 aliphatic rings. The van der Waals surface area contributed by atoms with Gasteiger partial charge in [0, 0.05) is 0 Å². The van der Waals surface area contributed by atoms with Gasteiger partial charge in [0.15, 0.2) is 0 Å². The van der Waals surface area contributed by atoms with Crippen LogP contribution in [0.25, 0.3) is 0 Å². The Labute approximate surface area is 59.3 Å². The van der Waals surface area contributed by atoms with E-state index in [9.17, 15) is 0 Å². The van der Waals surface area contributed by atoms with Gasteiger partial charge in [-0.1, -0.05) is 5.92 Å². The Morgan fingerprint density at radius 1 is 1.80 bits per heavy atom. The first-order chi connectivity index (χ1) is 4.88. The maximum absolute atomic E-state index is 8.70. The number of rotatable bonds is 2. The molecule has 10 heavy (non-hydrogen) atoms. The normalized spacial score (nSPS) is 9.20. The highest BCUT2D eigenvalue weighted by Crippen LogP contribution is 1.96. The van der Waals surface area contributed by atoms with E-state index in [0.717, 1.165) is 5.69 Å². The van der Waals surface area contributed by atoms with Crippen LogP contribution in [0.15, 0.2) is 12.5 Å². The van der Waals surface area contributed by atoms with Crippen molar-refractivity contribution < 1.29 is 5.11 Å². The van der Waals surface area contributed by atoms with E-state index in [1.54, 1.807) is 17.1 Å². The number of imidazole rings is 1. The smallest absolute Gasteiger partial charge is 0.0957 e. The molecule has 3 heteroatoms. The first kappa shape index (κ1) is 6.84. The van der Waals surface area contributed by atoms with Crippen LogP contribution in [0.3, 0.4) is 0 Å². The van der Waals surface area contributed by atoms with Crippen molar-refractivity contribution in [2.24, 2.45) is 0 Å². The molecule has 0 atom stereocenters. The van der Waals surface area contributed by atoms with Gasteiger partial charge in [-0.15, -0.1) is 6.42 Å². The zero-order chi connectivity index (χ0) is 7.40. The van der Waals surface area contributed by atoms with E-state index in [4.69, 9.17) is 11.5 Å². The number of aliphatic hydroxyl groups is 1. The molecule has 3 nitrogen and oxygen atoms in total. The summed E-state index contributed by atoms with van der Waals surface area (Å²) >= 11 is 0. The Kier molecular flexibility index (Phi) is 2.08. The lowest BCUT2D eigenvalue weighted by atomic mass is 10.5. The molecule has 0 amide bonds. The predicted octanol–water partition coefficient (Wildman–Crippen LogP) is 0.00860. The minimum absolute atomic E-state index is 0.0122. The van der Waals surface area contributed by atoms with Crippen molar-refractivity contribution in [1.29, 1.82) is 0 Å². The van der Waals surface area contributed by atoms with E-state index < -0.39 is 0 Å². The molecule has 0 aromatic carbocycles. The molecule has 0 saturated carbocycles. The molecule has 0 aliphatic carbocycles. The molecule has 0 aliphatic heterocycles. The summed E-state index contributed by atoms with van der Waals surface area (Å²) in [5.41, 5.74) is 0.748. The first-order valence-electron chi connectivity index (χ1n) is 2.92. The molecule has 1 N–H and O–H groups in total. The molecule has 0 spiro atoms. The number of hydrogen-bond acceptors (Lipinski definition) is 2. The fourth-order valence-corrected chi connectivity index (χ4v) is 0.721. The Hall–Kier alpha value is -1.27. The lowest BCUT2D eigenvalue weighted by Crippen LogP contribution is -1.99. The predicted molar refractivity (Wildman–Crippen MR) is 37.0 cm³/mol. The van der Waals surface area contributed by atoms with Crippen LogP contribution in [0.5, 0.6) is 0 Å². The molecular formula is C7H8N2O. The minimum Gasteiger partial charge on any atom is -0.390 e. The topological polar surface area (TPSA) is 38.0 Å². The average molecular weight is 136 g/mol. The van der Waals surface area contributed by atoms with Gasteiger partial charge >= 0.3 is 0 Å². The highest BCUT2D eigenvalue weighted by molar-refractivity contribution is 4.99. The number of nitrogens with zero attached hydrogens (tertiary/aromatic N) is 2. The molecule has 1 aromatic rings. The summed E-state index contributed by atoms with van der Waals surface area (Å²) in [4.78, 5) is 3.82. The van der Waals surface area contributed by atoms with Crippen LogP contribution >= 0.6 is 0 Å². The van der Waals surface area contributed by atoms with Crippen LogP contribution in [0.2, 0.25) is 0 Å². The second-order valence-corrected chi connectivity index (χ2v) is 1.88. The SMILES string of the molecule is C#CCn1cncc1CO. The van der Waals surface area contributed by atoms with Gasteiger partial charge in [-0.05, 0) is 0 Å². The maximum atomic E-state index is 8.70. The second-order valence-electron chi connectivity index (χ2n) is 1.88. The molecule has 1 aromatic heterocycles. The van der Waals surface area contributed by atoms with Gasteiger partial charge in [-0.25, -0.2) is 4.98 Å². The van der Waals surface area contributed by atoms with E-state index in [1.165, 1.54) is 0 Å². The largest absolute Gasteiger partial charge is 0.390 e. The van der Waals surface area contributed by atoms with Crippen LogP contribution in [0, 0.1) is 12.3 Å². The standard InChI is InChI=1S/C7H8N2O/c1-2-3-9-6-8-4-7(9)5-10/h1,4,6,10H,3,5H2. The van der Waals surface area contributed by atoms with Crippen LogP contribution < -0.4 is 0 Å². The molecule has 1 rings (SSSR count). The van der Waals surface area contributed by atoms with Gasteiger partial charge in [0.05, 0.1) is 31.4 Å². The van der Waals surface area contributed by atoms with Gasteiger partial charge in [0.25, 0.3) is 0 Å². The van der Waals surface area contributed by atoms with Gasteiger partial charge in [0.1, 0.15) is 0 Å². The third-order valence-corrected chi connectivity index (χ3v) is 1.22. The Bertz CT molecular complexity index is 246. The van der Waals surface area contributed by atoms with E-state index in [1.807, 2.05) is 0 Å². The van der Waals surface area contributed by atoms with Gasteiger partial charge < -0.3 is 9.67 Å². The van der Waals surface area contributed by atoms with E-state index in [-0.39, 0.29) is 6.61 Å². The van der Waals surface area contributed by atoms with Crippen LogP contribution in [-0.2, 0) is 13.2 Å². The zero-order valence-electron chi connectivity index (χ0n) is 5.49. The van der Waals surface area contributed by atoms with Crippen molar-refractivity contribution in [2.45, 2.75) is 13.2 Å². The Morgan fingerprint density at radius 2 is 2.60 bits per heavy atom. The number of aromatic nitrogens is 2. The van der Waals surface area contributed by atoms with Crippen molar-refractivity contribution >= 4 is 0 Å². The average Bonchev–Trinajstić information content (AvgIpc) is 2.36. The summed E-state index contributed by atoms with van der Waals surface area (Å²) in [5, 5.41) is 8.70. The van der Waals surface area contributed by atoms with Crippen molar-refractivity contribution in [1.82, 2.24) is 9.55 Å². The molecule has 0 bridgehead atoms. The molecule has 0 radical (unpaired) electrons. The molecular weight excluding hydrogens is 128 g/mol. The molecule has 1 heterocycles. The lowest BCUT2D eigenvalue weighted by molar-refractivity contribution is 0.272. The first-order valence-corrected chi connectivity index (χ1v) is 2.92. The fraction of sp³-hybridized carbons (Fsp3) is 0.286. The van der Waals surface area contributed by atoms with E-state index >= 15 is 0 Å². The van der Waals surface area contributed by atoms with E-state index in [0.29, 0.717) is 6.54 Å². The highest BCUT2D eigenvalue weighted by atomic mass is 16.3. The summed E-state index contributed by atoms with van der Waals surface area (Å²) in [6.45, 7) is 0.456. The van der Waals surface area contributed by atoms with Crippen LogP contribution in [-0.4, -0.2) is 14.7 Å². The Morgan fingerprint density at radius 3 is 3.20 bits per heavy atom. The van der Waals surface area contributed by atoms with Gasteiger partial charge in [0.2, 0.25) is 0 Å². The molecule has 0 unspecified atom stereocenters. The number of aliphatic hydroxyl groups excluding tert-OH is 1. The van der Waals surface area contributed by atoms with Crippen molar-refractivity contribution in [3.05, 3.63) is 18.2 Å². The summed E-state index contributed by atoms with van der Waals surface area (Å²) < 4.78 is 1.72. The number of hydrogen-bond donors (Lipinski definition) is 1. The molecule has 52 valence electrons. The third-order valence-electron chi connectivity index (χ3n) is 1.22. The monoisotopic (exact) mass is 136 g/mol. The second kappa shape index (κ2) is 3.04. The highest BCUT2D eigenvalue weighted by Gasteiger charge is 1.96. The van der Waals surface area contributed by atoms with Gasteiger partial charge in [-0.2, -0.15) is 0 Å². The lowest BCUT2D eigenvalue weighted by Gasteiger charge is -1.98. The minimum atomic E-state index is -0.0122. The van der Waals surface area contributed by atoms with E-state index in [2.05, 4.69) is 10.9 Å².